The highest BCUT2D eigenvalue weighted by molar-refractivity contribution is 6.10. The lowest BCUT2D eigenvalue weighted by Gasteiger charge is -2.26. The molecule has 3 nitrogen and oxygen atoms in total. The number of nitrogens with zero attached hydrogens (tertiary/aromatic N) is 3. The molecule has 69 heavy (non-hydrogen) atoms. The van der Waals surface area contributed by atoms with Crippen LogP contribution in [-0.2, 0) is 0 Å². The van der Waals surface area contributed by atoms with E-state index in [0.29, 0.717) is 0 Å². The Hall–Kier alpha value is -9.18. The Morgan fingerprint density at radius 2 is 0.493 bits per heavy atom. The normalized spacial score (nSPS) is 11.2. The molecule has 0 atom stereocenters. The zero-order valence-electron chi connectivity index (χ0n) is 38.0. The molecule has 1 heterocycles. The monoisotopic (exact) mass is 881 g/mol. The number of para-hydroxylation sites is 4. The molecule has 0 saturated carbocycles. The van der Waals surface area contributed by atoms with Gasteiger partial charge in [-0.1, -0.05) is 182 Å². The Bertz CT molecular complexity index is 3640. The SMILES string of the molecule is c1ccc(-c2ccc(N(c3ccccc3)c3ccc(-c4ccc(N(c5ccccc5)c5ccc(-c6ccc(-c7ccc8c(c7)c7ccccc7n8-c7ccccc7)cc6)cc5)cc4)cc3)cc2)cc1. The molecular weight excluding hydrogens is 835 g/mol. The van der Waals surface area contributed by atoms with Crippen LogP contribution in [0.3, 0.4) is 0 Å². The largest absolute Gasteiger partial charge is 0.311 e. The summed E-state index contributed by atoms with van der Waals surface area (Å²) in [5.41, 5.74) is 19.7. The maximum absolute atomic E-state index is 2.36. The lowest BCUT2D eigenvalue weighted by Crippen LogP contribution is -2.10. The van der Waals surface area contributed by atoms with E-state index in [0.717, 1.165) is 45.3 Å². The lowest BCUT2D eigenvalue weighted by atomic mass is 9.98. The fraction of sp³-hybridized carbons (Fsp3) is 0. The smallest absolute Gasteiger partial charge is 0.0541 e. The van der Waals surface area contributed by atoms with Crippen molar-refractivity contribution in [2.24, 2.45) is 0 Å². The van der Waals surface area contributed by atoms with Crippen molar-refractivity contribution in [2.45, 2.75) is 0 Å². The van der Waals surface area contributed by atoms with Gasteiger partial charge in [0.15, 0.2) is 0 Å². The van der Waals surface area contributed by atoms with E-state index in [9.17, 15) is 0 Å². The quantitative estimate of drug-likeness (QED) is 0.128. The highest BCUT2D eigenvalue weighted by Crippen LogP contribution is 2.40. The predicted octanol–water partition coefficient (Wildman–Crippen LogP) is 18.4. The van der Waals surface area contributed by atoms with E-state index in [2.05, 4.69) is 299 Å². The molecule has 326 valence electrons. The molecule has 12 rings (SSSR count). The van der Waals surface area contributed by atoms with Crippen molar-refractivity contribution in [2.75, 3.05) is 9.80 Å². The fourth-order valence-electron chi connectivity index (χ4n) is 9.75. The fourth-order valence-corrected chi connectivity index (χ4v) is 9.75. The first-order valence-electron chi connectivity index (χ1n) is 23.6. The molecular formula is C66H47N3. The lowest BCUT2D eigenvalue weighted by molar-refractivity contribution is 1.18. The van der Waals surface area contributed by atoms with Gasteiger partial charge in [0.05, 0.1) is 11.0 Å². The van der Waals surface area contributed by atoms with Gasteiger partial charge < -0.3 is 14.4 Å². The molecule has 0 bridgehead atoms. The average Bonchev–Trinajstić information content (AvgIpc) is 3.77. The van der Waals surface area contributed by atoms with Gasteiger partial charge in [-0.15, -0.1) is 0 Å². The van der Waals surface area contributed by atoms with Gasteiger partial charge >= 0.3 is 0 Å². The van der Waals surface area contributed by atoms with Gasteiger partial charge in [-0.2, -0.15) is 0 Å². The predicted molar refractivity (Wildman–Crippen MR) is 292 cm³/mol. The van der Waals surface area contributed by atoms with Crippen LogP contribution in [0.15, 0.2) is 285 Å². The van der Waals surface area contributed by atoms with Crippen LogP contribution in [-0.4, -0.2) is 4.57 Å². The van der Waals surface area contributed by atoms with Crippen LogP contribution in [0.5, 0.6) is 0 Å². The number of fused-ring (bicyclic) bond motifs is 3. The van der Waals surface area contributed by atoms with Crippen LogP contribution in [0.1, 0.15) is 0 Å². The molecule has 0 amide bonds. The highest BCUT2D eigenvalue weighted by atomic mass is 15.1. The van der Waals surface area contributed by atoms with Crippen molar-refractivity contribution in [3.05, 3.63) is 285 Å². The molecule has 1 aromatic heterocycles. The number of benzene rings is 11. The maximum Gasteiger partial charge on any atom is 0.0541 e. The molecule has 12 aromatic rings. The van der Waals surface area contributed by atoms with Crippen LogP contribution in [0.25, 0.3) is 72.0 Å². The molecule has 0 aliphatic rings. The van der Waals surface area contributed by atoms with E-state index in [4.69, 9.17) is 0 Å². The van der Waals surface area contributed by atoms with E-state index < -0.39 is 0 Å². The summed E-state index contributed by atoms with van der Waals surface area (Å²) in [6.45, 7) is 0. The summed E-state index contributed by atoms with van der Waals surface area (Å²) in [6, 6.07) is 102. The van der Waals surface area contributed by atoms with Gasteiger partial charge in [0.1, 0.15) is 0 Å². The first-order chi connectivity index (χ1) is 34.2. The van der Waals surface area contributed by atoms with Gasteiger partial charge in [0.2, 0.25) is 0 Å². The first-order valence-corrected chi connectivity index (χ1v) is 23.6. The minimum absolute atomic E-state index is 1.09. The molecule has 0 aliphatic heterocycles. The highest BCUT2D eigenvalue weighted by Gasteiger charge is 2.17. The standard InChI is InChI=1S/C66H47N3/c1-5-15-48(16-6-1)50-29-38-59(39-30-50)67(56-17-7-2-8-18-56)61-42-33-52(34-43-61)53-35-44-62(45-36-53)68(57-19-9-3-10-20-57)60-40-31-51(32-41-60)49-25-27-54(28-26-49)55-37-46-66-64(47-55)63-23-13-14-24-65(63)69(66)58-21-11-4-12-22-58/h1-47H. The summed E-state index contributed by atoms with van der Waals surface area (Å²) in [7, 11) is 0. The molecule has 0 fully saturated rings. The van der Waals surface area contributed by atoms with Crippen molar-refractivity contribution in [3.8, 4) is 50.2 Å². The first kappa shape index (κ1) is 41.3. The van der Waals surface area contributed by atoms with E-state index in [1.54, 1.807) is 0 Å². The molecule has 11 aromatic carbocycles. The maximum atomic E-state index is 2.36. The Morgan fingerprint density at radius 1 is 0.203 bits per heavy atom. The third kappa shape index (κ3) is 8.13. The molecule has 3 heteroatoms. The second-order valence-electron chi connectivity index (χ2n) is 17.4. The number of hydrogen-bond acceptors (Lipinski definition) is 2. The molecule has 0 aliphatic carbocycles. The molecule has 0 saturated heterocycles. The second-order valence-corrected chi connectivity index (χ2v) is 17.4. The summed E-state index contributed by atoms with van der Waals surface area (Å²) in [5, 5.41) is 2.51. The van der Waals surface area contributed by atoms with Crippen molar-refractivity contribution < 1.29 is 0 Å². The molecule has 0 radical (unpaired) electrons. The Labute approximate surface area is 403 Å². The van der Waals surface area contributed by atoms with Crippen molar-refractivity contribution in [3.63, 3.8) is 0 Å². The second kappa shape index (κ2) is 18.2. The third-order valence-electron chi connectivity index (χ3n) is 13.2. The molecule has 0 spiro atoms. The van der Waals surface area contributed by atoms with Crippen LogP contribution in [0.2, 0.25) is 0 Å². The van der Waals surface area contributed by atoms with E-state index in [-0.39, 0.29) is 0 Å². The number of rotatable bonds is 11. The van der Waals surface area contributed by atoms with Crippen LogP contribution in [0, 0.1) is 0 Å². The average molecular weight is 882 g/mol. The topological polar surface area (TPSA) is 11.4 Å². The Morgan fingerprint density at radius 3 is 0.928 bits per heavy atom. The number of aromatic nitrogens is 1. The summed E-state index contributed by atoms with van der Waals surface area (Å²) >= 11 is 0. The Balaban J connectivity index is 0.792. The molecule has 0 unspecified atom stereocenters. The number of anilines is 6. The van der Waals surface area contributed by atoms with Gasteiger partial charge in [-0.25, -0.2) is 0 Å². The summed E-state index contributed by atoms with van der Waals surface area (Å²) in [6.07, 6.45) is 0. The van der Waals surface area contributed by atoms with Crippen LogP contribution >= 0.6 is 0 Å². The Kier molecular flexibility index (Phi) is 10.9. The number of hydrogen-bond donors (Lipinski definition) is 0. The minimum atomic E-state index is 1.09. The summed E-state index contributed by atoms with van der Waals surface area (Å²) in [5.74, 6) is 0. The third-order valence-corrected chi connectivity index (χ3v) is 13.2. The van der Waals surface area contributed by atoms with Crippen LogP contribution in [0.4, 0.5) is 34.1 Å². The van der Waals surface area contributed by atoms with E-state index >= 15 is 0 Å². The van der Waals surface area contributed by atoms with Crippen molar-refractivity contribution in [1.29, 1.82) is 0 Å². The van der Waals surface area contributed by atoms with Crippen molar-refractivity contribution >= 4 is 55.9 Å². The minimum Gasteiger partial charge on any atom is -0.311 e. The van der Waals surface area contributed by atoms with E-state index in [1.165, 1.54) is 60.9 Å². The van der Waals surface area contributed by atoms with Gasteiger partial charge in [0, 0.05) is 50.6 Å². The van der Waals surface area contributed by atoms with Crippen molar-refractivity contribution in [1.82, 2.24) is 4.57 Å². The van der Waals surface area contributed by atoms with Crippen LogP contribution < -0.4 is 9.80 Å². The summed E-state index contributed by atoms with van der Waals surface area (Å²) < 4.78 is 2.36. The zero-order chi connectivity index (χ0) is 45.9. The van der Waals surface area contributed by atoms with E-state index in [1.807, 2.05) is 0 Å². The van der Waals surface area contributed by atoms with Gasteiger partial charge in [-0.05, 0) is 148 Å². The summed E-state index contributed by atoms with van der Waals surface area (Å²) in [4.78, 5) is 4.64. The van der Waals surface area contributed by atoms with Gasteiger partial charge in [0.25, 0.3) is 0 Å². The zero-order valence-corrected chi connectivity index (χ0v) is 38.0. The molecule has 0 N–H and O–H groups in total. The van der Waals surface area contributed by atoms with Gasteiger partial charge in [-0.3, -0.25) is 0 Å².